The molecule has 0 aromatic heterocycles. The van der Waals surface area contributed by atoms with Crippen LogP contribution in [-0.2, 0) is 0 Å². The van der Waals surface area contributed by atoms with Crippen LogP contribution >= 0.6 is 0 Å². The molecule has 0 fully saturated rings. The molecule has 12 heavy (non-hydrogen) atoms. The molecule has 0 aliphatic rings. The Bertz CT molecular complexity index is 235. The van der Waals surface area contributed by atoms with E-state index >= 15 is 0 Å². The van der Waals surface area contributed by atoms with E-state index in [0.29, 0.717) is 11.4 Å². The van der Waals surface area contributed by atoms with Crippen molar-refractivity contribution >= 4 is 5.69 Å². The van der Waals surface area contributed by atoms with Crippen LogP contribution in [0, 0.1) is 0 Å². The molecule has 0 saturated heterocycles. The zero-order chi connectivity index (χ0) is 8.97. The molecule has 66 valence electrons. The van der Waals surface area contributed by atoms with Crippen LogP contribution in [-0.4, -0.2) is 23.1 Å². The van der Waals surface area contributed by atoms with Crippen molar-refractivity contribution in [1.82, 2.24) is 0 Å². The molecule has 0 spiro atoms. The van der Waals surface area contributed by atoms with Crippen molar-refractivity contribution in [3.05, 3.63) is 24.3 Å². The molecule has 0 saturated carbocycles. The van der Waals surface area contributed by atoms with Crippen molar-refractivity contribution in [2.75, 3.05) is 12.3 Å². The van der Waals surface area contributed by atoms with E-state index in [0.717, 1.165) is 0 Å². The number of nitrogen functional groups attached to an aromatic ring is 1. The maximum absolute atomic E-state index is 8.88. The van der Waals surface area contributed by atoms with Gasteiger partial charge in [-0.3, -0.25) is 0 Å². The van der Waals surface area contributed by atoms with Gasteiger partial charge in [-0.1, -0.05) is 0 Å². The lowest BCUT2D eigenvalue weighted by Gasteiger charge is -2.10. The summed E-state index contributed by atoms with van der Waals surface area (Å²) in [5.74, 6) is 0.478. The van der Waals surface area contributed by atoms with Crippen LogP contribution in [0.3, 0.4) is 0 Å². The van der Waals surface area contributed by atoms with Gasteiger partial charge in [0, 0.05) is 5.69 Å². The van der Waals surface area contributed by atoms with E-state index in [4.69, 9.17) is 20.7 Å². The summed E-state index contributed by atoms with van der Waals surface area (Å²) in [5, 5.41) is 17.3. The third-order valence-electron chi connectivity index (χ3n) is 1.31. The van der Waals surface area contributed by atoms with Crippen LogP contribution in [0.4, 0.5) is 5.69 Å². The third kappa shape index (κ3) is 2.41. The van der Waals surface area contributed by atoms with Crippen LogP contribution in [0.1, 0.15) is 0 Å². The molecule has 0 aliphatic carbocycles. The Morgan fingerprint density at radius 1 is 1.33 bits per heavy atom. The van der Waals surface area contributed by atoms with E-state index in [1.807, 2.05) is 0 Å². The van der Waals surface area contributed by atoms with Crippen molar-refractivity contribution in [2.45, 2.75) is 6.29 Å². The van der Waals surface area contributed by atoms with Gasteiger partial charge in [-0.25, -0.2) is 0 Å². The summed E-state index contributed by atoms with van der Waals surface area (Å²) in [5.41, 5.74) is 6.05. The van der Waals surface area contributed by atoms with Gasteiger partial charge in [-0.05, 0) is 24.3 Å². The second-order valence-electron chi connectivity index (χ2n) is 2.32. The number of nitrogens with two attached hydrogens (primary N) is 1. The van der Waals surface area contributed by atoms with Gasteiger partial charge >= 0.3 is 0 Å². The summed E-state index contributed by atoms with van der Waals surface area (Å²) >= 11 is 0. The first kappa shape index (κ1) is 8.83. The Morgan fingerprint density at radius 3 is 2.42 bits per heavy atom. The first-order chi connectivity index (χ1) is 5.72. The maximum Gasteiger partial charge on any atom is 0.220 e. The highest BCUT2D eigenvalue weighted by molar-refractivity contribution is 5.41. The Labute approximate surface area is 70.2 Å². The first-order valence-electron chi connectivity index (χ1n) is 3.53. The molecule has 0 heterocycles. The normalized spacial score (nSPS) is 12.5. The Balaban J connectivity index is 2.58. The number of aliphatic hydroxyl groups is 2. The van der Waals surface area contributed by atoms with Gasteiger partial charge in [-0.15, -0.1) is 0 Å². The second-order valence-corrected chi connectivity index (χ2v) is 2.32. The smallest absolute Gasteiger partial charge is 0.220 e. The van der Waals surface area contributed by atoms with Crippen LogP contribution in [0.2, 0.25) is 0 Å². The van der Waals surface area contributed by atoms with Crippen molar-refractivity contribution in [3.63, 3.8) is 0 Å². The first-order valence-corrected chi connectivity index (χ1v) is 3.53. The highest BCUT2D eigenvalue weighted by Crippen LogP contribution is 2.13. The molecular formula is C8H11NO3. The number of hydrogen-bond donors (Lipinski definition) is 3. The molecule has 4 heteroatoms. The minimum Gasteiger partial charge on any atom is -0.463 e. The SMILES string of the molecule is Nc1ccc(OC(O)CO)cc1. The average molecular weight is 169 g/mol. The van der Waals surface area contributed by atoms with E-state index in [-0.39, 0.29) is 0 Å². The van der Waals surface area contributed by atoms with E-state index < -0.39 is 12.9 Å². The van der Waals surface area contributed by atoms with Crippen molar-refractivity contribution < 1.29 is 14.9 Å². The van der Waals surface area contributed by atoms with Gasteiger partial charge in [-0.2, -0.15) is 0 Å². The quantitative estimate of drug-likeness (QED) is 0.438. The molecule has 1 aromatic rings. The van der Waals surface area contributed by atoms with Crippen LogP contribution in [0.25, 0.3) is 0 Å². The lowest BCUT2D eigenvalue weighted by atomic mass is 10.3. The van der Waals surface area contributed by atoms with Gasteiger partial charge in [0.2, 0.25) is 6.29 Å². The van der Waals surface area contributed by atoms with Gasteiger partial charge < -0.3 is 20.7 Å². The molecule has 0 bridgehead atoms. The molecule has 0 radical (unpaired) electrons. The van der Waals surface area contributed by atoms with Crippen LogP contribution < -0.4 is 10.5 Å². The minimum absolute atomic E-state index is 0.426. The van der Waals surface area contributed by atoms with Crippen molar-refractivity contribution in [1.29, 1.82) is 0 Å². The predicted octanol–water partition coefficient (Wildman–Crippen LogP) is -0.0417. The summed E-state index contributed by atoms with van der Waals surface area (Å²) in [6, 6.07) is 6.54. The maximum atomic E-state index is 8.88. The van der Waals surface area contributed by atoms with E-state index in [9.17, 15) is 0 Å². The third-order valence-corrected chi connectivity index (χ3v) is 1.31. The summed E-state index contributed by atoms with van der Waals surface area (Å²) in [4.78, 5) is 0. The number of benzene rings is 1. The molecule has 1 unspecified atom stereocenters. The van der Waals surface area contributed by atoms with E-state index in [2.05, 4.69) is 0 Å². The number of ether oxygens (including phenoxy) is 1. The summed E-state index contributed by atoms with van der Waals surface area (Å²) in [7, 11) is 0. The lowest BCUT2D eigenvalue weighted by Crippen LogP contribution is -2.19. The number of hydrogen-bond acceptors (Lipinski definition) is 4. The van der Waals surface area contributed by atoms with Gasteiger partial charge in [0.05, 0.1) is 0 Å². The molecule has 1 atom stereocenters. The fourth-order valence-corrected chi connectivity index (χ4v) is 0.741. The Kier molecular flexibility index (Phi) is 2.90. The van der Waals surface area contributed by atoms with Gasteiger partial charge in [0.1, 0.15) is 12.4 Å². The average Bonchev–Trinajstić information content (AvgIpc) is 2.09. The largest absolute Gasteiger partial charge is 0.463 e. The molecule has 0 aliphatic heterocycles. The summed E-state index contributed by atoms with van der Waals surface area (Å²) < 4.78 is 4.87. The van der Waals surface area contributed by atoms with Crippen LogP contribution in [0.5, 0.6) is 5.75 Å². The Morgan fingerprint density at radius 2 is 1.92 bits per heavy atom. The minimum atomic E-state index is -1.17. The highest BCUT2D eigenvalue weighted by Gasteiger charge is 2.01. The summed E-state index contributed by atoms with van der Waals surface area (Å²) in [6.45, 7) is -0.426. The van der Waals surface area contributed by atoms with Crippen molar-refractivity contribution in [3.8, 4) is 5.75 Å². The second kappa shape index (κ2) is 3.94. The van der Waals surface area contributed by atoms with Crippen LogP contribution in [0.15, 0.2) is 24.3 Å². The lowest BCUT2D eigenvalue weighted by molar-refractivity contribution is -0.0548. The number of rotatable bonds is 3. The molecule has 4 nitrogen and oxygen atoms in total. The summed E-state index contributed by atoms with van der Waals surface area (Å²) in [6.07, 6.45) is -1.17. The molecule has 4 N–H and O–H groups in total. The molecule has 1 rings (SSSR count). The predicted molar refractivity (Wildman–Crippen MR) is 44.6 cm³/mol. The molecular weight excluding hydrogens is 158 g/mol. The number of anilines is 1. The highest BCUT2D eigenvalue weighted by atomic mass is 16.6. The monoisotopic (exact) mass is 169 g/mol. The van der Waals surface area contributed by atoms with E-state index in [1.165, 1.54) is 0 Å². The van der Waals surface area contributed by atoms with Gasteiger partial charge in [0.15, 0.2) is 0 Å². The van der Waals surface area contributed by atoms with E-state index in [1.54, 1.807) is 24.3 Å². The van der Waals surface area contributed by atoms with Crippen molar-refractivity contribution in [2.24, 2.45) is 0 Å². The topological polar surface area (TPSA) is 75.7 Å². The zero-order valence-electron chi connectivity index (χ0n) is 6.47. The number of aliphatic hydroxyl groups excluding tert-OH is 2. The molecule has 0 amide bonds. The fraction of sp³-hybridized carbons (Fsp3) is 0.250. The Hall–Kier alpha value is -1.26. The zero-order valence-corrected chi connectivity index (χ0v) is 6.47. The van der Waals surface area contributed by atoms with Gasteiger partial charge in [0.25, 0.3) is 0 Å². The molecule has 1 aromatic carbocycles. The fourth-order valence-electron chi connectivity index (χ4n) is 0.741. The standard InChI is InChI=1S/C8H11NO3/c9-6-1-3-7(4-2-6)12-8(11)5-10/h1-4,8,10-11H,5,9H2.